The Hall–Kier alpha value is -2.04. The number of benzene rings is 2. The van der Waals surface area contributed by atoms with Crippen LogP contribution in [0.3, 0.4) is 0 Å². The molecule has 0 aromatic heterocycles. The Morgan fingerprint density at radius 1 is 1.10 bits per heavy atom. The number of rotatable bonds is 3. The van der Waals surface area contributed by atoms with Crippen LogP contribution in [0, 0.1) is 0 Å². The quantitative estimate of drug-likeness (QED) is 0.747. The van der Waals surface area contributed by atoms with Gasteiger partial charge < -0.3 is 15.0 Å². The fourth-order valence-corrected chi connectivity index (χ4v) is 5.38. The monoisotopic (exact) mass is 424 g/mol. The van der Waals surface area contributed by atoms with E-state index in [0.29, 0.717) is 10.6 Å². The van der Waals surface area contributed by atoms with E-state index < -0.39 is 0 Å². The van der Waals surface area contributed by atoms with Crippen molar-refractivity contribution in [1.82, 2.24) is 10.2 Å². The minimum atomic E-state index is -0.168. The van der Waals surface area contributed by atoms with Gasteiger partial charge in [-0.15, -0.1) is 0 Å². The van der Waals surface area contributed by atoms with Crippen LogP contribution in [0.5, 0.6) is 5.75 Å². The Morgan fingerprint density at radius 3 is 2.50 bits per heavy atom. The third-order valence-corrected chi connectivity index (χ3v) is 7.62. The molecule has 4 nitrogen and oxygen atoms in total. The molecule has 2 aromatic carbocycles. The number of hydrogen-bond acceptors (Lipinski definition) is 3. The molecule has 0 bridgehead atoms. The molecule has 1 spiro atoms. The third kappa shape index (κ3) is 3.61. The molecule has 30 heavy (non-hydrogen) atoms. The van der Waals surface area contributed by atoms with Gasteiger partial charge in [-0.05, 0) is 79.5 Å². The maximum atomic E-state index is 11.9. The molecule has 2 heterocycles. The fourth-order valence-electron chi connectivity index (χ4n) is 5.11. The summed E-state index contributed by atoms with van der Waals surface area (Å²) in [6, 6.07) is 12.9. The summed E-state index contributed by atoms with van der Waals surface area (Å²) in [5.74, 6) is 0.870. The number of nitrogens with zero attached hydrogens (tertiary/aromatic N) is 1. The number of carbonyl (C=O) groups is 1. The predicted molar refractivity (Wildman–Crippen MR) is 120 cm³/mol. The van der Waals surface area contributed by atoms with Crippen LogP contribution in [0.2, 0.25) is 5.02 Å². The van der Waals surface area contributed by atoms with Crippen LogP contribution in [0.25, 0.3) is 11.1 Å². The molecular formula is C25H29ClN2O2. The van der Waals surface area contributed by atoms with Crippen LogP contribution >= 0.6 is 11.6 Å². The molecule has 5 heteroatoms. The summed E-state index contributed by atoms with van der Waals surface area (Å²) < 4.78 is 6.61. The van der Waals surface area contributed by atoms with E-state index in [-0.39, 0.29) is 11.5 Å². The van der Waals surface area contributed by atoms with Crippen LogP contribution in [0.15, 0.2) is 36.4 Å². The largest absolute Gasteiger partial charge is 0.487 e. The third-order valence-electron chi connectivity index (χ3n) is 7.31. The lowest BCUT2D eigenvalue weighted by Gasteiger charge is -2.48. The highest BCUT2D eigenvalue weighted by Crippen LogP contribution is 2.42. The van der Waals surface area contributed by atoms with Crippen molar-refractivity contribution in [3.05, 3.63) is 52.5 Å². The molecule has 0 atom stereocenters. The fraction of sp³-hybridized carbons (Fsp3) is 0.480. The second kappa shape index (κ2) is 7.90. The van der Waals surface area contributed by atoms with Gasteiger partial charge in [0, 0.05) is 26.2 Å². The molecule has 1 aliphatic carbocycles. The van der Waals surface area contributed by atoms with Crippen molar-refractivity contribution in [3.63, 3.8) is 0 Å². The Bertz CT molecular complexity index is 962. The molecule has 1 saturated heterocycles. The maximum Gasteiger partial charge on any atom is 0.252 e. The summed E-state index contributed by atoms with van der Waals surface area (Å²) in [5.41, 5.74) is 3.92. The number of aryl methyl sites for hydroxylation is 1. The first-order valence-corrected chi connectivity index (χ1v) is 11.5. The highest BCUT2D eigenvalue weighted by Gasteiger charge is 2.41. The molecule has 2 fully saturated rings. The van der Waals surface area contributed by atoms with E-state index in [9.17, 15) is 4.79 Å². The van der Waals surface area contributed by atoms with Crippen LogP contribution < -0.4 is 10.1 Å². The lowest BCUT2D eigenvalue weighted by Crippen LogP contribution is -2.53. The van der Waals surface area contributed by atoms with Crippen LogP contribution in [-0.4, -0.2) is 42.6 Å². The molecule has 3 aliphatic rings. The number of fused-ring (bicyclic) bond motifs is 1. The lowest BCUT2D eigenvalue weighted by molar-refractivity contribution is -0.0336. The molecule has 1 amide bonds. The minimum Gasteiger partial charge on any atom is -0.487 e. The Balaban J connectivity index is 1.31. The van der Waals surface area contributed by atoms with Gasteiger partial charge in [0.25, 0.3) is 5.91 Å². The Kier molecular flexibility index (Phi) is 5.24. The number of carbonyl (C=O) groups excluding carboxylic acids is 1. The molecule has 2 aromatic rings. The van der Waals surface area contributed by atoms with Gasteiger partial charge in [-0.3, -0.25) is 4.79 Å². The SMILES string of the molecule is CNC(=O)c1ccc(-c2ccc3c(c2)CCC2(CCN(C4CCC4)CC2)O3)cc1Cl. The Morgan fingerprint density at radius 2 is 1.83 bits per heavy atom. The number of piperidine rings is 1. The van der Waals surface area contributed by atoms with Gasteiger partial charge in [-0.1, -0.05) is 30.2 Å². The second-order valence-electron chi connectivity index (χ2n) is 9.00. The summed E-state index contributed by atoms with van der Waals surface area (Å²) >= 11 is 6.35. The molecule has 0 radical (unpaired) electrons. The van der Waals surface area contributed by atoms with E-state index in [4.69, 9.17) is 16.3 Å². The number of ether oxygens (including phenoxy) is 1. The van der Waals surface area contributed by atoms with Crippen molar-refractivity contribution in [2.75, 3.05) is 20.1 Å². The Labute approximate surface area is 183 Å². The average molecular weight is 425 g/mol. The van der Waals surface area contributed by atoms with E-state index in [0.717, 1.165) is 48.6 Å². The highest BCUT2D eigenvalue weighted by molar-refractivity contribution is 6.34. The van der Waals surface area contributed by atoms with Gasteiger partial charge in [-0.2, -0.15) is 0 Å². The summed E-state index contributed by atoms with van der Waals surface area (Å²) in [7, 11) is 1.61. The summed E-state index contributed by atoms with van der Waals surface area (Å²) in [5, 5.41) is 3.09. The van der Waals surface area contributed by atoms with Gasteiger partial charge in [0.05, 0.1) is 10.6 Å². The summed E-state index contributed by atoms with van der Waals surface area (Å²) in [6.07, 6.45) is 8.59. The molecule has 158 valence electrons. The summed E-state index contributed by atoms with van der Waals surface area (Å²) in [6.45, 7) is 2.35. The van der Waals surface area contributed by atoms with Gasteiger partial charge in [0.1, 0.15) is 11.4 Å². The molecule has 1 N–H and O–H groups in total. The zero-order valence-electron chi connectivity index (χ0n) is 17.5. The first-order valence-electron chi connectivity index (χ1n) is 11.1. The van der Waals surface area contributed by atoms with Crippen molar-refractivity contribution in [3.8, 4) is 16.9 Å². The normalized spacial score (nSPS) is 20.9. The topological polar surface area (TPSA) is 41.6 Å². The first-order chi connectivity index (χ1) is 14.6. The highest BCUT2D eigenvalue weighted by atomic mass is 35.5. The molecule has 2 aliphatic heterocycles. The standard InChI is InChI=1S/C25H29ClN2O2/c1-27-24(29)21-7-5-18(16-22(21)26)17-6-8-23-19(15-17)9-10-25(30-23)11-13-28(14-12-25)20-3-2-4-20/h5-8,15-16,20H,2-4,9-14H2,1H3,(H,27,29). The van der Waals surface area contributed by atoms with Crippen molar-refractivity contribution < 1.29 is 9.53 Å². The average Bonchev–Trinajstić information content (AvgIpc) is 2.73. The van der Waals surface area contributed by atoms with Crippen LogP contribution in [0.4, 0.5) is 0 Å². The number of hydrogen-bond donors (Lipinski definition) is 1. The second-order valence-corrected chi connectivity index (χ2v) is 9.41. The van der Waals surface area contributed by atoms with Gasteiger partial charge in [0.15, 0.2) is 0 Å². The van der Waals surface area contributed by atoms with E-state index in [1.807, 2.05) is 12.1 Å². The van der Waals surface area contributed by atoms with E-state index in [2.05, 4.69) is 28.4 Å². The van der Waals surface area contributed by atoms with Crippen molar-refractivity contribution >= 4 is 17.5 Å². The van der Waals surface area contributed by atoms with Crippen molar-refractivity contribution in [2.24, 2.45) is 0 Å². The minimum absolute atomic E-state index is 0.0211. The number of likely N-dealkylation sites (tertiary alicyclic amines) is 1. The van der Waals surface area contributed by atoms with Crippen molar-refractivity contribution in [1.29, 1.82) is 0 Å². The van der Waals surface area contributed by atoms with E-state index >= 15 is 0 Å². The smallest absolute Gasteiger partial charge is 0.252 e. The maximum absolute atomic E-state index is 11.9. The van der Waals surface area contributed by atoms with Gasteiger partial charge in [-0.25, -0.2) is 0 Å². The number of nitrogens with one attached hydrogen (secondary N) is 1. The first kappa shape index (κ1) is 19.9. The number of halogens is 1. The predicted octanol–water partition coefficient (Wildman–Crippen LogP) is 5.08. The zero-order valence-corrected chi connectivity index (χ0v) is 18.3. The van der Waals surface area contributed by atoms with E-state index in [1.54, 1.807) is 13.1 Å². The van der Waals surface area contributed by atoms with Gasteiger partial charge in [0.2, 0.25) is 0 Å². The van der Waals surface area contributed by atoms with E-state index in [1.165, 1.54) is 37.9 Å². The van der Waals surface area contributed by atoms with Gasteiger partial charge >= 0.3 is 0 Å². The molecule has 0 unspecified atom stereocenters. The molecule has 5 rings (SSSR count). The summed E-state index contributed by atoms with van der Waals surface area (Å²) in [4.78, 5) is 14.6. The lowest BCUT2D eigenvalue weighted by atomic mass is 9.81. The van der Waals surface area contributed by atoms with Crippen LogP contribution in [0.1, 0.15) is 54.4 Å². The van der Waals surface area contributed by atoms with Crippen molar-refractivity contribution in [2.45, 2.75) is 56.6 Å². The molecule has 1 saturated carbocycles. The molecular weight excluding hydrogens is 396 g/mol. The number of amides is 1. The zero-order chi connectivity index (χ0) is 20.7. The van der Waals surface area contributed by atoms with Crippen LogP contribution in [-0.2, 0) is 6.42 Å².